The molecule has 2 nitrogen and oxygen atoms in total. The first-order valence-corrected chi connectivity index (χ1v) is 8.51. The van der Waals surface area contributed by atoms with Gasteiger partial charge in [-0.2, -0.15) is 0 Å². The second kappa shape index (κ2) is 6.99. The predicted octanol–water partition coefficient (Wildman–Crippen LogP) is 5.12. The number of hydrogen-bond donors (Lipinski definition) is 0. The summed E-state index contributed by atoms with van der Waals surface area (Å²) in [6.07, 6.45) is 1.79. The van der Waals surface area contributed by atoms with E-state index in [9.17, 15) is 4.79 Å². The van der Waals surface area contributed by atoms with Crippen molar-refractivity contribution in [2.75, 3.05) is 0 Å². The predicted molar refractivity (Wildman–Crippen MR) is 92.0 cm³/mol. The van der Waals surface area contributed by atoms with Crippen LogP contribution in [0.25, 0.3) is 0 Å². The van der Waals surface area contributed by atoms with Crippen molar-refractivity contribution in [2.24, 2.45) is 11.8 Å². The molecule has 0 N–H and O–H groups in total. The van der Waals surface area contributed by atoms with Gasteiger partial charge in [0.25, 0.3) is 0 Å². The molecule has 120 valence electrons. The topological polar surface area (TPSA) is 26.3 Å². The Morgan fingerprint density at radius 1 is 0.957 bits per heavy atom. The minimum atomic E-state index is -0.180. The van der Waals surface area contributed by atoms with Gasteiger partial charge in [-0.3, -0.25) is 4.79 Å². The maximum atomic E-state index is 12.6. The molecular weight excluding hydrogens is 284 g/mol. The SMILES string of the molecule is CCC(C)C[C@H]1C(=O)O[C@@H](c2ccccc2)[C@H]1c1ccccc1. The maximum Gasteiger partial charge on any atom is 0.310 e. The van der Waals surface area contributed by atoms with Crippen LogP contribution < -0.4 is 0 Å². The zero-order valence-electron chi connectivity index (χ0n) is 13.8. The molecule has 0 bridgehead atoms. The molecule has 0 amide bonds. The van der Waals surface area contributed by atoms with Crippen LogP contribution in [0.4, 0.5) is 0 Å². The molecule has 2 heteroatoms. The van der Waals surface area contributed by atoms with E-state index >= 15 is 0 Å². The molecule has 0 radical (unpaired) electrons. The molecule has 0 aromatic heterocycles. The van der Waals surface area contributed by atoms with Gasteiger partial charge >= 0.3 is 5.97 Å². The molecule has 1 aliphatic rings. The third-order valence-corrected chi connectivity index (χ3v) is 4.97. The number of carbonyl (C=O) groups is 1. The average Bonchev–Trinajstić information content (AvgIpc) is 2.93. The highest BCUT2D eigenvalue weighted by atomic mass is 16.6. The summed E-state index contributed by atoms with van der Waals surface area (Å²) < 4.78 is 5.83. The van der Waals surface area contributed by atoms with Crippen LogP contribution in [0, 0.1) is 11.8 Å². The number of hydrogen-bond acceptors (Lipinski definition) is 2. The van der Waals surface area contributed by atoms with Crippen molar-refractivity contribution < 1.29 is 9.53 Å². The van der Waals surface area contributed by atoms with Crippen LogP contribution in [-0.4, -0.2) is 5.97 Å². The molecule has 23 heavy (non-hydrogen) atoms. The first-order chi connectivity index (χ1) is 11.2. The van der Waals surface area contributed by atoms with Crippen LogP contribution in [0.5, 0.6) is 0 Å². The van der Waals surface area contributed by atoms with Crippen LogP contribution >= 0.6 is 0 Å². The van der Waals surface area contributed by atoms with Crippen LogP contribution in [0.3, 0.4) is 0 Å². The minimum Gasteiger partial charge on any atom is -0.457 e. The third kappa shape index (κ3) is 3.31. The quantitative estimate of drug-likeness (QED) is 0.717. The van der Waals surface area contributed by atoms with Gasteiger partial charge in [0.15, 0.2) is 0 Å². The Labute approximate surface area is 138 Å². The molecule has 4 atom stereocenters. The van der Waals surface area contributed by atoms with Gasteiger partial charge in [0.05, 0.1) is 5.92 Å². The summed E-state index contributed by atoms with van der Waals surface area (Å²) in [7, 11) is 0. The number of carbonyl (C=O) groups excluding carboxylic acids is 1. The average molecular weight is 308 g/mol. The normalized spacial score (nSPS) is 25.1. The van der Waals surface area contributed by atoms with Crippen molar-refractivity contribution in [1.82, 2.24) is 0 Å². The zero-order chi connectivity index (χ0) is 16.2. The lowest BCUT2D eigenvalue weighted by molar-refractivity contribution is -0.144. The molecule has 1 fully saturated rings. The highest BCUT2D eigenvalue weighted by molar-refractivity contribution is 5.77. The van der Waals surface area contributed by atoms with Crippen LogP contribution in [-0.2, 0) is 9.53 Å². The van der Waals surface area contributed by atoms with E-state index in [-0.39, 0.29) is 23.9 Å². The number of esters is 1. The molecule has 1 unspecified atom stereocenters. The van der Waals surface area contributed by atoms with E-state index in [0.29, 0.717) is 5.92 Å². The van der Waals surface area contributed by atoms with Crippen LogP contribution in [0.2, 0.25) is 0 Å². The third-order valence-electron chi connectivity index (χ3n) is 4.97. The Kier molecular flexibility index (Phi) is 4.80. The maximum absolute atomic E-state index is 12.6. The molecule has 1 aliphatic heterocycles. The first kappa shape index (κ1) is 15.8. The molecule has 1 heterocycles. The van der Waals surface area contributed by atoms with Gasteiger partial charge in [-0.05, 0) is 23.5 Å². The van der Waals surface area contributed by atoms with Crippen molar-refractivity contribution in [3.05, 3.63) is 71.8 Å². The molecular formula is C21H24O2. The fourth-order valence-electron chi connectivity index (χ4n) is 3.49. The van der Waals surface area contributed by atoms with Crippen LogP contribution in [0.1, 0.15) is 49.8 Å². The van der Waals surface area contributed by atoms with Gasteiger partial charge in [0.1, 0.15) is 6.10 Å². The Morgan fingerprint density at radius 3 is 2.09 bits per heavy atom. The minimum absolute atomic E-state index is 0.0481. The number of ether oxygens (including phenoxy) is 1. The second-order valence-electron chi connectivity index (χ2n) is 6.56. The zero-order valence-corrected chi connectivity index (χ0v) is 13.8. The number of cyclic esters (lactones) is 1. The molecule has 0 saturated carbocycles. The molecule has 3 rings (SSSR count). The van der Waals surface area contributed by atoms with E-state index in [1.54, 1.807) is 0 Å². The van der Waals surface area contributed by atoms with E-state index in [1.807, 2.05) is 36.4 Å². The van der Waals surface area contributed by atoms with E-state index in [2.05, 4.69) is 38.1 Å². The van der Waals surface area contributed by atoms with Gasteiger partial charge in [-0.15, -0.1) is 0 Å². The van der Waals surface area contributed by atoms with Gasteiger partial charge in [-0.25, -0.2) is 0 Å². The Bertz CT molecular complexity index is 635. The van der Waals surface area contributed by atoms with E-state index in [1.165, 1.54) is 5.56 Å². The smallest absolute Gasteiger partial charge is 0.310 e. The standard InChI is InChI=1S/C21H24O2/c1-3-15(2)14-18-19(16-10-6-4-7-11-16)20(23-21(18)22)17-12-8-5-9-13-17/h4-13,15,18-20H,3,14H2,1-2H3/t15?,18-,19+,20+/m1/s1. The summed E-state index contributed by atoms with van der Waals surface area (Å²) in [6, 6.07) is 20.5. The fraction of sp³-hybridized carbons (Fsp3) is 0.381. The van der Waals surface area contributed by atoms with Gasteiger partial charge in [-0.1, -0.05) is 80.9 Å². The summed E-state index contributed by atoms with van der Waals surface area (Å²) in [6.45, 7) is 4.39. The Hall–Kier alpha value is -2.09. The summed E-state index contributed by atoms with van der Waals surface area (Å²) in [5.74, 6) is 0.513. The van der Waals surface area contributed by atoms with E-state index in [4.69, 9.17) is 4.74 Å². The first-order valence-electron chi connectivity index (χ1n) is 8.51. The highest BCUT2D eigenvalue weighted by Gasteiger charge is 2.46. The largest absolute Gasteiger partial charge is 0.457 e. The number of benzene rings is 2. The second-order valence-corrected chi connectivity index (χ2v) is 6.56. The van der Waals surface area contributed by atoms with E-state index in [0.717, 1.165) is 18.4 Å². The lowest BCUT2D eigenvalue weighted by Crippen LogP contribution is -2.18. The van der Waals surface area contributed by atoms with Crippen molar-refractivity contribution in [2.45, 2.75) is 38.7 Å². The fourth-order valence-corrected chi connectivity index (χ4v) is 3.49. The lowest BCUT2D eigenvalue weighted by Gasteiger charge is -2.23. The molecule has 1 saturated heterocycles. The molecule has 0 spiro atoms. The van der Waals surface area contributed by atoms with Crippen molar-refractivity contribution in [3.63, 3.8) is 0 Å². The number of rotatable bonds is 5. The Balaban J connectivity index is 1.98. The van der Waals surface area contributed by atoms with Crippen molar-refractivity contribution >= 4 is 5.97 Å². The van der Waals surface area contributed by atoms with Gasteiger partial charge < -0.3 is 4.74 Å². The van der Waals surface area contributed by atoms with Gasteiger partial charge in [0.2, 0.25) is 0 Å². The summed E-state index contributed by atoms with van der Waals surface area (Å²) in [5.41, 5.74) is 2.28. The Morgan fingerprint density at radius 2 is 1.52 bits per heavy atom. The molecule has 2 aromatic rings. The molecule has 2 aromatic carbocycles. The van der Waals surface area contributed by atoms with Crippen molar-refractivity contribution in [1.29, 1.82) is 0 Å². The summed E-state index contributed by atoms with van der Waals surface area (Å²) in [5, 5.41) is 0. The lowest BCUT2D eigenvalue weighted by atomic mass is 9.77. The van der Waals surface area contributed by atoms with E-state index < -0.39 is 0 Å². The van der Waals surface area contributed by atoms with Crippen molar-refractivity contribution in [3.8, 4) is 0 Å². The summed E-state index contributed by atoms with van der Waals surface area (Å²) >= 11 is 0. The van der Waals surface area contributed by atoms with Crippen LogP contribution in [0.15, 0.2) is 60.7 Å². The monoisotopic (exact) mass is 308 g/mol. The van der Waals surface area contributed by atoms with Gasteiger partial charge in [0, 0.05) is 5.92 Å². The highest BCUT2D eigenvalue weighted by Crippen LogP contribution is 2.48. The molecule has 0 aliphatic carbocycles. The summed E-state index contributed by atoms with van der Waals surface area (Å²) in [4.78, 5) is 12.6.